The third kappa shape index (κ3) is 2.94. The number of ether oxygens (including phenoxy) is 1. The third-order valence-corrected chi connectivity index (χ3v) is 4.63. The van der Waals surface area contributed by atoms with Crippen molar-refractivity contribution in [2.45, 2.75) is 33.4 Å². The van der Waals surface area contributed by atoms with Gasteiger partial charge in [-0.3, -0.25) is 14.7 Å². The summed E-state index contributed by atoms with van der Waals surface area (Å²) in [5.74, 6) is 1.11. The molecule has 0 saturated carbocycles. The van der Waals surface area contributed by atoms with E-state index in [1.807, 2.05) is 6.07 Å². The van der Waals surface area contributed by atoms with Crippen LogP contribution >= 0.6 is 0 Å². The highest BCUT2D eigenvalue weighted by Crippen LogP contribution is 2.26. The average Bonchev–Trinajstić information content (AvgIpc) is 2.52. The zero-order chi connectivity index (χ0) is 16.6. The maximum atomic E-state index is 12.1. The molecule has 3 rings (SSSR count). The fraction of sp³-hybridized carbons (Fsp3) is 0.412. The fourth-order valence-electron chi connectivity index (χ4n) is 3.12. The number of hydrogen-bond donors (Lipinski definition) is 2. The van der Waals surface area contributed by atoms with E-state index in [4.69, 9.17) is 10.5 Å². The van der Waals surface area contributed by atoms with E-state index in [1.165, 1.54) is 11.1 Å². The van der Waals surface area contributed by atoms with Gasteiger partial charge in [0.15, 0.2) is 0 Å². The number of rotatable bonds is 3. The van der Waals surface area contributed by atoms with Crippen molar-refractivity contribution in [1.82, 2.24) is 14.9 Å². The van der Waals surface area contributed by atoms with E-state index in [2.05, 4.69) is 34.8 Å². The van der Waals surface area contributed by atoms with Crippen LogP contribution in [0.15, 0.2) is 16.9 Å². The highest BCUT2D eigenvalue weighted by Gasteiger charge is 2.21. The molecule has 6 nitrogen and oxygen atoms in total. The van der Waals surface area contributed by atoms with Gasteiger partial charge < -0.3 is 10.5 Å². The summed E-state index contributed by atoms with van der Waals surface area (Å²) in [6, 6.07) is 4.10. The molecule has 0 radical (unpaired) electrons. The predicted octanol–water partition coefficient (Wildman–Crippen LogP) is 1.54. The number of nitrogens with two attached hydrogens (primary N) is 1. The monoisotopic (exact) mass is 314 g/mol. The van der Waals surface area contributed by atoms with Crippen molar-refractivity contribution < 1.29 is 4.74 Å². The number of fused-ring (bicyclic) bond motifs is 1. The third-order valence-electron chi connectivity index (χ3n) is 4.63. The Kier molecular flexibility index (Phi) is 4.09. The molecule has 23 heavy (non-hydrogen) atoms. The van der Waals surface area contributed by atoms with E-state index in [1.54, 1.807) is 7.11 Å². The minimum absolute atomic E-state index is 0.125. The van der Waals surface area contributed by atoms with Crippen molar-refractivity contribution in [2.24, 2.45) is 0 Å². The second kappa shape index (κ2) is 6.04. The van der Waals surface area contributed by atoms with Gasteiger partial charge in [0, 0.05) is 26.1 Å². The Hall–Kier alpha value is -2.34. The van der Waals surface area contributed by atoms with Crippen LogP contribution in [0, 0.1) is 13.8 Å². The smallest absolute Gasteiger partial charge is 0.257 e. The van der Waals surface area contributed by atoms with Crippen molar-refractivity contribution in [1.29, 1.82) is 0 Å². The minimum Gasteiger partial charge on any atom is -0.496 e. The molecule has 0 amide bonds. The number of aromatic amines is 1. The largest absolute Gasteiger partial charge is 0.496 e. The number of aromatic nitrogens is 2. The van der Waals surface area contributed by atoms with Crippen molar-refractivity contribution in [3.63, 3.8) is 0 Å². The molecule has 1 aromatic carbocycles. The Morgan fingerprint density at radius 1 is 1.35 bits per heavy atom. The molecule has 0 spiro atoms. The zero-order valence-corrected chi connectivity index (χ0v) is 13.8. The highest BCUT2D eigenvalue weighted by molar-refractivity contribution is 5.43. The molecule has 1 aliphatic heterocycles. The molecule has 1 aromatic heterocycles. The van der Waals surface area contributed by atoms with E-state index in [-0.39, 0.29) is 11.5 Å². The van der Waals surface area contributed by atoms with Gasteiger partial charge in [0.1, 0.15) is 5.75 Å². The first kappa shape index (κ1) is 15.6. The topological polar surface area (TPSA) is 84.2 Å². The lowest BCUT2D eigenvalue weighted by atomic mass is 10.0. The number of H-pyrrole nitrogens is 1. The molecule has 3 N–H and O–H groups in total. The number of methoxy groups -OCH3 is 1. The Bertz CT molecular complexity index is 798. The summed E-state index contributed by atoms with van der Waals surface area (Å²) < 4.78 is 5.37. The summed E-state index contributed by atoms with van der Waals surface area (Å²) >= 11 is 0. The van der Waals surface area contributed by atoms with Crippen molar-refractivity contribution >= 4 is 5.95 Å². The Balaban J connectivity index is 1.83. The maximum absolute atomic E-state index is 12.1. The normalized spacial score (nSPS) is 14.6. The zero-order valence-electron chi connectivity index (χ0n) is 13.8. The first-order valence-corrected chi connectivity index (χ1v) is 7.72. The second-order valence-corrected chi connectivity index (χ2v) is 6.01. The summed E-state index contributed by atoms with van der Waals surface area (Å²) in [4.78, 5) is 21.2. The van der Waals surface area contributed by atoms with Gasteiger partial charge in [-0.15, -0.1) is 0 Å². The van der Waals surface area contributed by atoms with E-state index < -0.39 is 0 Å². The number of nitrogens with one attached hydrogen (secondary N) is 1. The number of benzene rings is 1. The molecular formula is C17H22N4O2. The molecule has 2 heterocycles. The van der Waals surface area contributed by atoms with E-state index >= 15 is 0 Å². The molecule has 2 aromatic rings. The fourth-order valence-corrected chi connectivity index (χ4v) is 3.12. The van der Waals surface area contributed by atoms with Gasteiger partial charge in [-0.25, -0.2) is 4.98 Å². The first-order chi connectivity index (χ1) is 11.0. The maximum Gasteiger partial charge on any atom is 0.257 e. The lowest BCUT2D eigenvalue weighted by molar-refractivity contribution is 0.241. The summed E-state index contributed by atoms with van der Waals surface area (Å²) in [5, 5.41) is 0. The van der Waals surface area contributed by atoms with Crippen LogP contribution in [-0.2, 0) is 19.5 Å². The van der Waals surface area contributed by atoms with Crippen LogP contribution in [0.4, 0.5) is 5.95 Å². The molecule has 0 saturated heterocycles. The van der Waals surface area contributed by atoms with Gasteiger partial charge in [0.25, 0.3) is 5.56 Å². The van der Waals surface area contributed by atoms with Gasteiger partial charge >= 0.3 is 0 Å². The van der Waals surface area contributed by atoms with Crippen molar-refractivity contribution in [2.75, 3.05) is 19.4 Å². The van der Waals surface area contributed by atoms with Crippen LogP contribution in [0.25, 0.3) is 0 Å². The minimum atomic E-state index is -0.125. The summed E-state index contributed by atoms with van der Waals surface area (Å²) in [7, 11) is 1.69. The Morgan fingerprint density at radius 3 is 2.87 bits per heavy atom. The van der Waals surface area contributed by atoms with Crippen molar-refractivity contribution in [3.05, 3.63) is 50.4 Å². The van der Waals surface area contributed by atoms with Crippen LogP contribution in [-0.4, -0.2) is 28.5 Å². The van der Waals surface area contributed by atoms with Gasteiger partial charge in [0.05, 0.1) is 18.4 Å². The molecule has 0 aliphatic carbocycles. The SMILES string of the molecule is COc1ccc(CN2CCc3nc(N)[nH]c(=O)c3C2)c(C)c1C. The van der Waals surface area contributed by atoms with E-state index in [9.17, 15) is 4.79 Å². The summed E-state index contributed by atoms with van der Waals surface area (Å²) in [6.45, 7) is 6.45. The lowest BCUT2D eigenvalue weighted by Crippen LogP contribution is -2.35. The lowest BCUT2D eigenvalue weighted by Gasteiger charge is -2.28. The molecule has 0 atom stereocenters. The summed E-state index contributed by atoms with van der Waals surface area (Å²) in [5.41, 5.74) is 10.7. The quantitative estimate of drug-likeness (QED) is 0.897. The van der Waals surface area contributed by atoms with Crippen LogP contribution < -0.4 is 16.0 Å². The molecule has 6 heteroatoms. The van der Waals surface area contributed by atoms with Gasteiger partial charge in [-0.2, -0.15) is 0 Å². The second-order valence-electron chi connectivity index (χ2n) is 6.01. The number of nitrogens with zero attached hydrogens (tertiary/aromatic N) is 2. The van der Waals surface area contributed by atoms with Gasteiger partial charge in [-0.1, -0.05) is 6.07 Å². The predicted molar refractivity (Wildman–Crippen MR) is 89.6 cm³/mol. The van der Waals surface area contributed by atoms with Gasteiger partial charge in [-0.05, 0) is 36.6 Å². The summed E-state index contributed by atoms with van der Waals surface area (Å²) in [6.07, 6.45) is 0.748. The van der Waals surface area contributed by atoms with Crippen molar-refractivity contribution in [3.8, 4) is 5.75 Å². The molecule has 1 aliphatic rings. The van der Waals surface area contributed by atoms with Crippen LogP contribution in [0.5, 0.6) is 5.75 Å². The van der Waals surface area contributed by atoms with Crippen LogP contribution in [0.1, 0.15) is 27.9 Å². The molecule has 0 bridgehead atoms. The standard InChI is InChI=1S/C17H22N4O2/c1-10-11(2)15(23-3)5-4-12(10)8-21-7-6-14-13(9-21)16(22)20-17(18)19-14/h4-5H,6-9H2,1-3H3,(H3,18,19,20,22). The van der Waals surface area contributed by atoms with Crippen LogP contribution in [0.3, 0.4) is 0 Å². The van der Waals surface area contributed by atoms with Gasteiger partial charge in [0.2, 0.25) is 5.95 Å². The molecule has 122 valence electrons. The molecule has 0 fully saturated rings. The highest BCUT2D eigenvalue weighted by atomic mass is 16.5. The average molecular weight is 314 g/mol. The Morgan fingerprint density at radius 2 is 2.13 bits per heavy atom. The van der Waals surface area contributed by atoms with Crippen LogP contribution in [0.2, 0.25) is 0 Å². The number of anilines is 1. The van der Waals surface area contributed by atoms with E-state index in [0.29, 0.717) is 6.54 Å². The number of nitrogen functional groups attached to an aromatic ring is 1. The van der Waals surface area contributed by atoms with E-state index in [0.717, 1.165) is 42.1 Å². The first-order valence-electron chi connectivity index (χ1n) is 7.72. The molecule has 0 unspecified atom stereocenters. The number of hydrogen-bond acceptors (Lipinski definition) is 5. The molecular weight excluding hydrogens is 292 g/mol. The Labute approximate surface area is 135 Å².